The summed E-state index contributed by atoms with van der Waals surface area (Å²) < 4.78 is 5.56. The Morgan fingerprint density at radius 1 is 0.929 bits per heavy atom. The van der Waals surface area contributed by atoms with Gasteiger partial charge in [-0.3, -0.25) is 4.79 Å². The summed E-state index contributed by atoms with van der Waals surface area (Å²) in [5.41, 5.74) is 6.17. The zero-order valence-corrected chi connectivity index (χ0v) is 15.7. The number of nitrogens with zero attached hydrogens (tertiary/aromatic N) is 1. The molecule has 2 aromatic carbocycles. The molecule has 138 valence electrons. The van der Waals surface area contributed by atoms with Crippen molar-refractivity contribution in [2.75, 3.05) is 13.2 Å². The van der Waals surface area contributed by atoms with Gasteiger partial charge in [0, 0.05) is 17.8 Å². The molecule has 1 aliphatic carbocycles. The highest BCUT2D eigenvalue weighted by Crippen LogP contribution is 2.48. The van der Waals surface area contributed by atoms with Gasteiger partial charge in [0.1, 0.15) is 6.07 Å². The van der Waals surface area contributed by atoms with Crippen molar-refractivity contribution in [2.24, 2.45) is 0 Å². The number of rotatable bonds is 6. The molecule has 0 saturated carbocycles. The van der Waals surface area contributed by atoms with Crippen LogP contribution in [0.1, 0.15) is 24.5 Å². The molecular weight excluding hydrogens is 348 g/mol. The number of hydrogen-bond donors (Lipinski definition) is 1. The number of ether oxygens (including phenoxy) is 1. The number of hydrogen-bond acceptors (Lipinski definition) is 3. The van der Waals surface area contributed by atoms with E-state index >= 15 is 0 Å². The Kier molecular flexibility index (Phi) is 4.92. The minimum atomic E-state index is -0.160. The second kappa shape index (κ2) is 7.67. The van der Waals surface area contributed by atoms with Gasteiger partial charge in [0.25, 0.3) is 5.91 Å². The van der Waals surface area contributed by atoms with E-state index in [0.29, 0.717) is 36.4 Å². The average Bonchev–Trinajstić information content (AvgIpc) is 3.25. The van der Waals surface area contributed by atoms with Gasteiger partial charge in [-0.05, 0) is 30.0 Å². The van der Waals surface area contributed by atoms with Gasteiger partial charge in [-0.25, -0.2) is 0 Å². The van der Waals surface area contributed by atoms with Gasteiger partial charge >= 0.3 is 0 Å². The Labute approximate surface area is 164 Å². The predicted octanol–water partition coefficient (Wildman–Crippen LogP) is 4.24. The Balaban J connectivity index is 1.96. The first-order valence-corrected chi connectivity index (χ1v) is 9.39. The van der Waals surface area contributed by atoms with Crippen molar-refractivity contribution in [2.45, 2.75) is 13.3 Å². The lowest BCUT2D eigenvalue weighted by Crippen LogP contribution is -2.16. The smallest absolute Gasteiger partial charge is 0.257 e. The van der Waals surface area contributed by atoms with Gasteiger partial charge in [0.2, 0.25) is 0 Å². The first-order chi connectivity index (χ1) is 13.8. The molecule has 0 aromatic heterocycles. The van der Waals surface area contributed by atoms with Crippen LogP contribution in [0.5, 0.6) is 0 Å². The van der Waals surface area contributed by atoms with Crippen molar-refractivity contribution >= 4 is 17.2 Å². The lowest BCUT2D eigenvalue weighted by atomic mass is 9.97. The number of allylic oxidation sites excluding steroid dienone is 2. The lowest BCUT2D eigenvalue weighted by molar-refractivity contribution is -0.115. The molecule has 0 unspecified atom stereocenters. The summed E-state index contributed by atoms with van der Waals surface area (Å²) in [6.07, 6.45) is 0.581. The monoisotopic (exact) mass is 368 g/mol. The number of carbonyl (C=O) groups is 1. The van der Waals surface area contributed by atoms with Crippen molar-refractivity contribution < 1.29 is 9.53 Å². The SMILES string of the molecule is CCOCCC1=C(C#N)C(c2ccccc2)=C2C(=O)NC(c3ccccc3)=C12. The standard InChI is InChI=1S/C24H20N2O2/c1-2-28-14-13-18-19(15-25)20(16-9-5-3-6-10-16)22-21(18)23(26-24(22)27)17-11-7-4-8-12-17/h3-12H,2,13-14H2,1H3,(H,26,27). The number of nitriles is 1. The van der Waals surface area contributed by atoms with Crippen molar-refractivity contribution in [1.29, 1.82) is 5.26 Å². The number of benzene rings is 2. The van der Waals surface area contributed by atoms with Gasteiger partial charge in [-0.2, -0.15) is 5.26 Å². The van der Waals surface area contributed by atoms with Crippen LogP contribution >= 0.6 is 0 Å². The molecule has 0 radical (unpaired) electrons. The van der Waals surface area contributed by atoms with Crippen LogP contribution in [-0.4, -0.2) is 19.1 Å². The van der Waals surface area contributed by atoms with Gasteiger partial charge in [0.15, 0.2) is 0 Å². The Hall–Kier alpha value is -3.42. The van der Waals surface area contributed by atoms with Crippen LogP contribution in [0.25, 0.3) is 11.3 Å². The summed E-state index contributed by atoms with van der Waals surface area (Å²) in [7, 11) is 0. The molecule has 0 atom stereocenters. The van der Waals surface area contributed by atoms with Crippen LogP contribution in [0, 0.1) is 11.3 Å². The largest absolute Gasteiger partial charge is 0.381 e. The Morgan fingerprint density at radius 2 is 1.57 bits per heavy atom. The summed E-state index contributed by atoms with van der Waals surface area (Å²) in [4.78, 5) is 13.0. The summed E-state index contributed by atoms with van der Waals surface area (Å²) in [6, 6.07) is 21.8. The number of fused-ring (bicyclic) bond motifs is 1. The molecule has 0 fully saturated rings. The van der Waals surface area contributed by atoms with E-state index in [1.807, 2.05) is 67.6 Å². The molecule has 4 rings (SSSR count). The van der Waals surface area contributed by atoms with E-state index < -0.39 is 0 Å². The van der Waals surface area contributed by atoms with Crippen LogP contribution in [0.4, 0.5) is 0 Å². The van der Waals surface area contributed by atoms with Gasteiger partial charge in [0.05, 0.1) is 23.5 Å². The fraction of sp³-hybridized carbons (Fsp3) is 0.167. The first-order valence-electron chi connectivity index (χ1n) is 9.39. The summed E-state index contributed by atoms with van der Waals surface area (Å²) in [5.74, 6) is -0.160. The zero-order chi connectivity index (χ0) is 19.5. The predicted molar refractivity (Wildman–Crippen MR) is 109 cm³/mol. The van der Waals surface area contributed by atoms with Crippen molar-refractivity contribution in [3.63, 3.8) is 0 Å². The molecule has 4 heteroatoms. The topological polar surface area (TPSA) is 62.1 Å². The van der Waals surface area contributed by atoms with E-state index in [1.54, 1.807) is 0 Å². The molecule has 4 nitrogen and oxygen atoms in total. The van der Waals surface area contributed by atoms with E-state index in [2.05, 4.69) is 11.4 Å². The highest BCUT2D eigenvalue weighted by molar-refractivity contribution is 6.21. The van der Waals surface area contributed by atoms with E-state index in [0.717, 1.165) is 28.0 Å². The van der Waals surface area contributed by atoms with Crippen LogP contribution in [0.15, 0.2) is 83.0 Å². The van der Waals surface area contributed by atoms with E-state index in [1.165, 1.54) is 0 Å². The van der Waals surface area contributed by atoms with Crippen molar-refractivity contribution in [3.05, 3.63) is 94.1 Å². The Morgan fingerprint density at radius 3 is 2.18 bits per heavy atom. The molecule has 2 aliphatic rings. The lowest BCUT2D eigenvalue weighted by Gasteiger charge is -2.10. The molecular formula is C24H20N2O2. The summed E-state index contributed by atoms with van der Waals surface area (Å²) in [6.45, 7) is 3.07. The normalized spacial score (nSPS) is 15.8. The summed E-state index contributed by atoms with van der Waals surface area (Å²) >= 11 is 0. The minimum absolute atomic E-state index is 0.160. The number of nitrogens with one attached hydrogen (secondary N) is 1. The maximum Gasteiger partial charge on any atom is 0.257 e. The molecule has 0 saturated heterocycles. The van der Waals surface area contributed by atoms with E-state index in [-0.39, 0.29) is 5.91 Å². The number of amides is 1. The Bertz CT molecular complexity index is 1050. The maximum absolute atomic E-state index is 13.0. The van der Waals surface area contributed by atoms with Gasteiger partial charge < -0.3 is 10.1 Å². The second-order valence-corrected chi connectivity index (χ2v) is 6.60. The zero-order valence-electron chi connectivity index (χ0n) is 15.7. The van der Waals surface area contributed by atoms with Crippen molar-refractivity contribution in [1.82, 2.24) is 5.32 Å². The summed E-state index contributed by atoms with van der Waals surface area (Å²) in [5, 5.41) is 13.0. The van der Waals surface area contributed by atoms with E-state index in [9.17, 15) is 10.1 Å². The average molecular weight is 368 g/mol. The van der Waals surface area contributed by atoms with Crippen LogP contribution in [0.2, 0.25) is 0 Å². The molecule has 1 N–H and O–H groups in total. The molecule has 28 heavy (non-hydrogen) atoms. The minimum Gasteiger partial charge on any atom is -0.381 e. The molecule has 1 heterocycles. The maximum atomic E-state index is 13.0. The van der Waals surface area contributed by atoms with Crippen LogP contribution < -0.4 is 5.32 Å². The van der Waals surface area contributed by atoms with Crippen molar-refractivity contribution in [3.8, 4) is 6.07 Å². The highest BCUT2D eigenvalue weighted by atomic mass is 16.5. The third-order valence-corrected chi connectivity index (χ3v) is 5.01. The third kappa shape index (κ3) is 2.96. The van der Waals surface area contributed by atoms with Gasteiger partial charge in [-0.1, -0.05) is 60.7 Å². The number of carbonyl (C=O) groups excluding carboxylic acids is 1. The first kappa shape index (κ1) is 18.0. The van der Waals surface area contributed by atoms with Crippen LogP contribution in [0.3, 0.4) is 0 Å². The quantitative estimate of drug-likeness (QED) is 0.776. The van der Waals surface area contributed by atoms with Gasteiger partial charge in [-0.15, -0.1) is 0 Å². The third-order valence-electron chi connectivity index (χ3n) is 5.01. The fourth-order valence-corrected chi connectivity index (χ4v) is 3.83. The van der Waals surface area contributed by atoms with Crippen LogP contribution in [-0.2, 0) is 9.53 Å². The molecule has 0 bridgehead atoms. The molecule has 0 spiro atoms. The second-order valence-electron chi connectivity index (χ2n) is 6.60. The molecule has 1 amide bonds. The van der Waals surface area contributed by atoms with E-state index in [4.69, 9.17) is 4.74 Å². The molecule has 2 aromatic rings. The fourth-order valence-electron chi connectivity index (χ4n) is 3.83. The molecule has 1 aliphatic heterocycles. The highest BCUT2D eigenvalue weighted by Gasteiger charge is 2.40.